The number of aliphatic carboxylic acids is 1. The molecule has 2 rings (SSSR count). The molecular weight excluding hydrogens is 262 g/mol. The molecule has 0 radical (unpaired) electrons. The van der Waals surface area contributed by atoms with Gasteiger partial charge in [-0.1, -0.05) is 6.92 Å². The molecule has 0 saturated carbocycles. The van der Waals surface area contributed by atoms with Crippen LogP contribution in [0.4, 0.5) is 4.79 Å². The van der Waals surface area contributed by atoms with Crippen molar-refractivity contribution < 1.29 is 19.1 Å². The predicted molar refractivity (Wildman–Crippen MR) is 69.0 cm³/mol. The number of hydrogen-bond donors (Lipinski definition) is 1. The largest absolute Gasteiger partial charge is 0.480 e. The van der Waals surface area contributed by atoms with E-state index in [-0.39, 0.29) is 6.54 Å². The van der Waals surface area contributed by atoms with Crippen LogP contribution >= 0.6 is 0 Å². The molecule has 0 spiro atoms. The van der Waals surface area contributed by atoms with Gasteiger partial charge in [-0.25, -0.2) is 14.6 Å². The third-order valence-electron chi connectivity index (χ3n) is 2.93. The van der Waals surface area contributed by atoms with Crippen LogP contribution in [0, 0.1) is 0 Å². The summed E-state index contributed by atoms with van der Waals surface area (Å²) in [6, 6.07) is 2.02. The predicted octanol–water partition coefficient (Wildman–Crippen LogP) is 1.81. The van der Waals surface area contributed by atoms with Gasteiger partial charge in [0, 0.05) is 12.4 Å². The number of amides is 1. The van der Waals surface area contributed by atoms with Gasteiger partial charge in [0.1, 0.15) is 18.1 Å². The number of hydrogen-bond acceptors (Lipinski definition) is 4. The van der Waals surface area contributed by atoms with Crippen molar-refractivity contribution in [3.63, 3.8) is 0 Å². The van der Waals surface area contributed by atoms with Crippen molar-refractivity contribution in [1.82, 2.24) is 14.5 Å². The molecule has 20 heavy (non-hydrogen) atoms. The van der Waals surface area contributed by atoms with Crippen LogP contribution in [0.2, 0.25) is 0 Å². The highest BCUT2D eigenvalue weighted by molar-refractivity contribution is 5.83. The van der Waals surface area contributed by atoms with Crippen molar-refractivity contribution in [2.75, 3.05) is 0 Å². The molecule has 106 valence electrons. The Morgan fingerprint density at radius 2 is 2.35 bits per heavy atom. The van der Waals surface area contributed by atoms with Crippen LogP contribution in [-0.4, -0.2) is 37.6 Å². The topological polar surface area (TPSA) is 88.6 Å². The number of carbonyl (C=O) groups is 2. The lowest BCUT2D eigenvalue weighted by Crippen LogP contribution is -2.45. The summed E-state index contributed by atoms with van der Waals surface area (Å²) in [6.07, 6.45) is 6.07. The minimum absolute atomic E-state index is 0.0921. The van der Waals surface area contributed by atoms with Gasteiger partial charge in [0.25, 0.3) is 0 Å². The number of carboxylic acid groups (broad SMARTS) is 1. The van der Waals surface area contributed by atoms with Gasteiger partial charge in [0.2, 0.25) is 0 Å². The maximum absolute atomic E-state index is 12.4. The van der Waals surface area contributed by atoms with Gasteiger partial charge in [-0.05, 0) is 18.6 Å². The number of imidazole rings is 1. The number of rotatable bonds is 5. The SMILES string of the molecule is CCC(C(=O)O)N(Cc1ccco1)C(=O)n1ccnc1. The van der Waals surface area contributed by atoms with E-state index in [1.54, 1.807) is 19.1 Å². The first-order valence-corrected chi connectivity index (χ1v) is 6.17. The smallest absolute Gasteiger partial charge is 0.330 e. The summed E-state index contributed by atoms with van der Waals surface area (Å²) in [7, 11) is 0. The quantitative estimate of drug-likeness (QED) is 0.900. The molecule has 2 heterocycles. The molecule has 1 atom stereocenters. The molecule has 0 aliphatic carbocycles. The molecule has 0 aliphatic heterocycles. The lowest BCUT2D eigenvalue weighted by Gasteiger charge is -2.27. The maximum atomic E-state index is 12.4. The summed E-state index contributed by atoms with van der Waals surface area (Å²) in [5.41, 5.74) is 0. The molecule has 0 fully saturated rings. The first-order chi connectivity index (χ1) is 9.63. The summed E-state index contributed by atoms with van der Waals surface area (Å²) in [4.78, 5) is 28.8. The van der Waals surface area contributed by atoms with E-state index in [1.165, 1.54) is 34.5 Å². The van der Waals surface area contributed by atoms with Gasteiger partial charge in [0.15, 0.2) is 0 Å². The Labute approximate surface area is 115 Å². The molecule has 0 aliphatic rings. The van der Waals surface area contributed by atoms with Crippen LogP contribution in [-0.2, 0) is 11.3 Å². The Bertz CT molecular complexity index is 562. The van der Waals surface area contributed by atoms with E-state index in [0.717, 1.165) is 0 Å². The average Bonchev–Trinajstić information content (AvgIpc) is 3.10. The van der Waals surface area contributed by atoms with E-state index >= 15 is 0 Å². The van der Waals surface area contributed by atoms with E-state index in [9.17, 15) is 14.7 Å². The van der Waals surface area contributed by atoms with Crippen molar-refractivity contribution >= 4 is 12.0 Å². The number of nitrogens with zero attached hydrogens (tertiary/aromatic N) is 3. The molecule has 7 heteroatoms. The van der Waals surface area contributed by atoms with E-state index in [2.05, 4.69) is 4.98 Å². The number of furan rings is 1. The summed E-state index contributed by atoms with van der Waals surface area (Å²) in [5.74, 6) is -0.523. The summed E-state index contributed by atoms with van der Waals surface area (Å²) >= 11 is 0. The van der Waals surface area contributed by atoms with Gasteiger partial charge in [-0.15, -0.1) is 0 Å². The van der Waals surface area contributed by atoms with Crippen molar-refractivity contribution in [3.05, 3.63) is 42.9 Å². The van der Waals surface area contributed by atoms with E-state index < -0.39 is 18.0 Å². The number of carbonyl (C=O) groups excluding carboxylic acids is 1. The third kappa shape index (κ3) is 2.87. The monoisotopic (exact) mass is 277 g/mol. The van der Waals surface area contributed by atoms with Gasteiger partial charge >= 0.3 is 12.0 Å². The Balaban J connectivity index is 2.27. The highest BCUT2D eigenvalue weighted by Crippen LogP contribution is 2.14. The second kappa shape index (κ2) is 6.05. The lowest BCUT2D eigenvalue weighted by atomic mass is 10.2. The van der Waals surface area contributed by atoms with E-state index in [4.69, 9.17) is 4.42 Å². The van der Waals surface area contributed by atoms with Crippen LogP contribution in [0.25, 0.3) is 0 Å². The molecule has 2 aromatic rings. The molecule has 1 amide bonds. The second-order valence-corrected chi connectivity index (χ2v) is 4.22. The van der Waals surface area contributed by atoms with Crippen LogP contribution < -0.4 is 0 Å². The summed E-state index contributed by atoms with van der Waals surface area (Å²) in [6.45, 7) is 1.81. The molecule has 7 nitrogen and oxygen atoms in total. The molecule has 0 bridgehead atoms. The van der Waals surface area contributed by atoms with Gasteiger partial charge in [-0.2, -0.15) is 0 Å². The fourth-order valence-corrected chi connectivity index (χ4v) is 1.93. The zero-order valence-corrected chi connectivity index (χ0v) is 11.0. The fourth-order valence-electron chi connectivity index (χ4n) is 1.93. The average molecular weight is 277 g/mol. The van der Waals surface area contributed by atoms with Crippen LogP contribution in [0.15, 0.2) is 41.5 Å². The molecular formula is C13H15N3O4. The van der Waals surface area contributed by atoms with Crippen molar-refractivity contribution in [2.24, 2.45) is 0 Å². The Morgan fingerprint density at radius 1 is 1.55 bits per heavy atom. The first-order valence-electron chi connectivity index (χ1n) is 6.17. The first kappa shape index (κ1) is 13.9. The number of carboxylic acids is 1. The second-order valence-electron chi connectivity index (χ2n) is 4.22. The maximum Gasteiger partial charge on any atom is 0.330 e. The highest BCUT2D eigenvalue weighted by Gasteiger charge is 2.29. The third-order valence-corrected chi connectivity index (χ3v) is 2.93. The molecule has 0 saturated heterocycles. The minimum Gasteiger partial charge on any atom is -0.480 e. The summed E-state index contributed by atoms with van der Waals surface area (Å²) < 4.78 is 6.44. The molecule has 1 N–H and O–H groups in total. The zero-order valence-electron chi connectivity index (χ0n) is 11.0. The fraction of sp³-hybridized carbons (Fsp3) is 0.308. The molecule has 2 aromatic heterocycles. The Hall–Kier alpha value is -2.57. The van der Waals surface area contributed by atoms with Crippen molar-refractivity contribution in [2.45, 2.75) is 25.9 Å². The van der Waals surface area contributed by atoms with Crippen molar-refractivity contribution in [1.29, 1.82) is 0 Å². The Kier molecular flexibility index (Phi) is 4.19. The Morgan fingerprint density at radius 3 is 2.85 bits per heavy atom. The molecule has 0 aromatic carbocycles. The van der Waals surface area contributed by atoms with Gasteiger partial charge < -0.3 is 14.4 Å². The van der Waals surface area contributed by atoms with E-state index in [0.29, 0.717) is 12.2 Å². The lowest BCUT2D eigenvalue weighted by molar-refractivity contribution is -0.142. The van der Waals surface area contributed by atoms with Crippen LogP contribution in [0.1, 0.15) is 19.1 Å². The summed E-state index contributed by atoms with van der Waals surface area (Å²) in [5, 5.41) is 9.27. The van der Waals surface area contributed by atoms with Gasteiger partial charge in [-0.3, -0.25) is 4.57 Å². The van der Waals surface area contributed by atoms with E-state index in [1.807, 2.05) is 0 Å². The number of aromatic nitrogens is 2. The normalized spacial score (nSPS) is 12.1. The standard InChI is InChI=1S/C13H15N3O4/c1-2-11(12(17)18)16(8-10-4-3-7-20-10)13(19)15-6-5-14-9-15/h3-7,9,11H,2,8H2,1H3,(H,17,18). The van der Waals surface area contributed by atoms with Crippen LogP contribution in [0.5, 0.6) is 0 Å². The minimum atomic E-state index is -1.05. The zero-order chi connectivity index (χ0) is 14.5. The van der Waals surface area contributed by atoms with Crippen LogP contribution in [0.3, 0.4) is 0 Å². The van der Waals surface area contributed by atoms with Crippen molar-refractivity contribution in [3.8, 4) is 0 Å². The molecule has 1 unspecified atom stereocenters. The highest BCUT2D eigenvalue weighted by atomic mass is 16.4. The van der Waals surface area contributed by atoms with Gasteiger partial charge in [0.05, 0.1) is 12.8 Å².